The maximum absolute atomic E-state index is 10.1. The van der Waals surface area contributed by atoms with Gasteiger partial charge in [-0.05, 0) is 6.42 Å². The molecule has 0 saturated heterocycles. The molecule has 3 heteroatoms. The molecule has 2 N–H and O–H groups in total. The number of amides is 1. The molecule has 0 fully saturated rings. The second-order valence-corrected chi connectivity index (χ2v) is 2.92. The molecule has 0 aromatic rings. The zero-order valence-electron chi connectivity index (χ0n) is 5.31. The van der Waals surface area contributed by atoms with Crippen LogP contribution in [0, 0.1) is 0 Å². The van der Waals surface area contributed by atoms with Crippen molar-refractivity contribution in [2.75, 3.05) is 0 Å². The summed E-state index contributed by atoms with van der Waals surface area (Å²) >= 11 is 0. The van der Waals surface area contributed by atoms with Crippen molar-refractivity contribution in [1.29, 1.82) is 0 Å². The molecule has 0 heterocycles. The average Bonchev–Trinajstić information content (AvgIpc) is 1.66. The number of carbonyl (C=O) groups excluding carboxylic acids is 1. The summed E-state index contributed by atoms with van der Waals surface area (Å²) in [5.74, 6) is -0.167. The van der Waals surface area contributed by atoms with Gasteiger partial charge in [0.25, 0.3) is 0 Å². The quantitative estimate of drug-likeness (QED) is 0.403. The molecule has 48 valence electrons. The van der Waals surface area contributed by atoms with Crippen molar-refractivity contribution < 1.29 is 4.79 Å². The Morgan fingerprint density at radius 3 is 2.50 bits per heavy atom. The third-order valence-corrected chi connectivity index (χ3v) is 1.73. The first-order valence-electron chi connectivity index (χ1n) is 3.05. The fourth-order valence-electron chi connectivity index (χ4n) is 0.549. The highest BCUT2D eigenvalue weighted by atomic mass is 28.1. The summed E-state index contributed by atoms with van der Waals surface area (Å²) in [6, 6.07) is 1.28. The molecule has 0 aliphatic rings. The predicted octanol–water partition coefficient (Wildman–Crippen LogP) is -0.574. The molecule has 1 amide bonds. The number of primary amides is 1. The van der Waals surface area contributed by atoms with Crippen LogP contribution < -0.4 is 5.73 Å². The lowest BCUT2D eigenvalue weighted by Gasteiger charge is -1.90. The van der Waals surface area contributed by atoms with Gasteiger partial charge in [0.2, 0.25) is 5.91 Å². The van der Waals surface area contributed by atoms with Crippen LogP contribution in [0.4, 0.5) is 0 Å². The molecule has 0 saturated carbocycles. The summed E-state index contributed by atoms with van der Waals surface area (Å²) in [6.45, 7) is 0. The van der Waals surface area contributed by atoms with E-state index in [1.54, 1.807) is 0 Å². The first-order valence-corrected chi connectivity index (χ1v) is 4.47. The number of nitrogens with two attached hydrogens (primary N) is 1. The normalized spacial score (nSPS) is 9.50. The third kappa shape index (κ3) is 5.69. The second kappa shape index (κ2) is 4.84. The summed E-state index contributed by atoms with van der Waals surface area (Å²) in [4.78, 5) is 10.1. The molecule has 0 atom stereocenters. The third-order valence-electron chi connectivity index (χ3n) is 1.03. The lowest BCUT2D eigenvalue weighted by atomic mass is 10.2. The predicted molar refractivity (Wildman–Crippen MR) is 37.8 cm³/mol. The Hall–Kier alpha value is -0.313. The van der Waals surface area contributed by atoms with Crippen LogP contribution in [0.3, 0.4) is 0 Å². The molecule has 2 nitrogen and oxygen atoms in total. The molecule has 0 aromatic carbocycles. The highest BCUT2D eigenvalue weighted by molar-refractivity contribution is 6.08. The standard InChI is InChI=1S/C5H13NOSi/c6-5(7)3-1-2-4-8/h1-4H2,8H3,(H2,6,7). The average molecular weight is 131 g/mol. The Kier molecular flexibility index (Phi) is 4.65. The van der Waals surface area contributed by atoms with E-state index in [-0.39, 0.29) is 5.91 Å². The van der Waals surface area contributed by atoms with Crippen molar-refractivity contribution in [2.24, 2.45) is 5.73 Å². The van der Waals surface area contributed by atoms with Crippen LogP contribution in [0.2, 0.25) is 6.04 Å². The Morgan fingerprint density at radius 1 is 1.50 bits per heavy atom. The zero-order valence-corrected chi connectivity index (χ0v) is 7.31. The summed E-state index contributed by atoms with van der Waals surface area (Å²) in [5.41, 5.74) is 4.91. The van der Waals surface area contributed by atoms with Gasteiger partial charge in [0.05, 0.1) is 0 Å². The number of unbranched alkanes of at least 4 members (excludes halogenated alkanes) is 1. The molecular weight excluding hydrogens is 118 g/mol. The molecule has 0 aromatic heterocycles. The van der Waals surface area contributed by atoms with Gasteiger partial charge in [-0.3, -0.25) is 4.79 Å². The van der Waals surface area contributed by atoms with E-state index < -0.39 is 0 Å². The lowest BCUT2D eigenvalue weighted by molar-refractivity contribution is -0.118. The van der Waals surface area contributed by atoms with Crippen LogP contribution in [0.5, 0.6) is 0 Å². The Balaban J connectivity index is 2.82. The first kappa shape index (κ1) is 7.69. The minimum Gasteiger partial charge on any atom is -0.370 e. The van der Waals surface area contributed by atoms with Gasteiger partial charge < -0.3 is 5.73 Å². The Bertz CT molecular complexity index is 74.8. The highest BCUT2D eigenvalue weighted by Gasteiger charge is 1.90. The van der Waals surface area contributed by atoms with Crippen molar-refractivity contribution in [3.05, 3.63) is 0 Å². The van der Waals surface area contributed by atoms with E-state index in [2.05, 4.69) is 0 Å². The number of hydrogen-bond donors (Lipinski definition) is 1. The van der Waals surface area contributed by atoms with E-state index in [0.717, 1.165) is 6.42 Å². The molecular formula is C5H13NOSi. The van der Waals surface area contributed by atoms with Crippen molar-refractivity contribution in [3.8, 4) is 0 Å². The molecule has 0 spiro atoms. The largest absolute Gasteiger partial charge is 0.370 e. The van der Waals surface area contributed by atoms with Gasteiger partial charge in [-0.1, -0.05) is 12.5 Å². The van der Waals surface area contributed by atoms with E-state index >= 15 is 0 Å². The summed E-state index contributed by atoms with van der Waals surface area (Å²) < 4.78 is 0. The molecule has 0 radical (unpaired) electrons. The van der Waals surface area contributed by atoms with Crippen LogP contribution in [0.25, 0.3) is 0 Å². The van der Waals surface area contributed by atoms with Gasteiger partial charge in [-0.25, -0.2) is 0 Å². The lowest BCUT2D eigenvalue weighted by Crippen LogP contribution is -2.09. The number of rotatable bonds is 4. The second-order valence-electron chi connectivity index (χ2n) is 1.92. The summed E-state index contributed by atoms with van der Waals surface area (Å²) in [7, 11) is 1.25. The van der Waals surface area contributed by atoms with E-state index in [0.29, 0.717) is 6.42 Å². The van der Waals surface area contributed by atoms with Crippen molar-refractivity contribution >= 4 is 16.1 Å². The van der Waals surface area contributed by atoms with Gasteiger partial charge >= 0.3 is 0 Å². The van der Waals surface area contributed by atoms with Gasteiger partial charge in [-0.2, -0.15) is 0 Å². The summed E-state index contributed by atoms with van der Waals surface area (Å²) in [6.07, 6.45) is 2.73. The number of hydrogen-bond acceptors (Lipinski definition) is 1. The van der Waals surface area contributed by atoms with E-state index in [1.165, 1.54) is 22.7 Å². The Labute approximate surface area is 52.9 Å². The topological polar surface area (TPSA) is 43.1 Å². The molecule has 0 rings (SSSR count). The molecule has 8 heavy (non-hydrogen) atoms. The van der Waals surface area contributed by atoms with Crippen LogP contribution in [0.1, 0.15) is 19.3 Å². The van der Waals surface area contributed by atoms with E-state index in [1.807, 2.05) is 0 Å². The van der Waals surface area contributed by atoms with Crippen LogP contribution in [0.15, 0.2) is 0 Å². The first-order chi connectivity index (χ1) is 3.77. The smallest absolute Gasteiger partial charge is 0.217 e. The summed E-state index contributed by atoms with van der Waals surface area (Å²) in [5, 5.41) is 0. The molecule has 0 unspecified atom stereocenters. The van der Waals surface area contributed by atoms with Crippen molar-refractivity contribution in [2.45, 2.75) is 25.3 Å². The zero-order chi connectivity index (χ0) is 6.41. The monoisotopic (exact) mass is 131 g/mol. The van der Waals surface area contributed by atoms with E-state index in [9.17, 15) is 4.79 Å². The SMILES string of the molecule is NC(=O)CCCC[SiH3]. The van der Waals surface area contributed by atoms with Gasteiger partial charge in [0.15, 0.2) is 0 Å². The van der Waals surface area contributed by atoms with Crippen molar-refractivity contribution in [3.63, 3.8) is 0 Å². The maximum atomic E-state index is 10.1. The van der Waals surface area contributed by atoms with Crippen LogP contribution >= 0.6 is 0 Å². The maximum Gasteiger partial charge on any atom is 0.217 e. The Morgan fingerprint density at radius 2 is 2.12 bits per heavy atom. The molecule has 0 aliphatic carbocycles. The van der Waals surface area contributed by atoms with Gasteiger partial charge in [-0.15, -0.1) is 0 Å². The molecule has 0 bridgehead atoms. The minimum absolute atomic E-state index is 0.167. The highest BCUT2D eigenvalue weighted by Crippen LogP contribution is 1.95. The van der Waals surface area contributed by atoms with Crippen LogP contribution in [-0.4, -0.2) is 16.1 Å². The van der Waals surface area contributed by atoms with E-state index in [4.69, 9.17) is 5.73 Å². The van der Waals surface area contributed by atoms with Gasteiger partial charge in [0.1, 0.15) is 0 Å². The van der Waals surface area contributed by atoms with Crippen molar-refractivity contribution in [1.82, 2.24) is 0 Å². The minimum atomic E-state index is -0.167. The fraction of sp³-hybridized carbons (Fsp3) is 0.800. The number of carbonyl (C=O) groups is 1. The fourth-order valence-corrected chi connectivity index (χ4v) is 1.05. The van der Waals surface area contributed by atoms with Gasteiger partial charge in [0, 0.05) is 16.7 Å². The molecule has 0 aliphatic heterocycles. The van der Waals surface area contributed by atoms with Crippen LogP contribution in [-0.2, 0) is 4.79 Å².